The topological polar surface area (TPSA) is 86.7 Å². The lowest BCUT2D eigenvalue weighted by Gasteiger charge is -2.22. The van der Waals surface area contributed by atoms with E-state index in [0.717, 1.165) is 36.7 Å². The van der Waals surface area contributed by atoms with Crippen molar-refractivity contribution in [3.05, 3.63) is 34.9 Å². The van der Waals surface area contributed by atoms with Gasteiger partial charge in [-0.05, 0) is 42.9 Å². The molecule has 130 valence electrons. The fourth-order valence-corrected chi connectivity index (χ4v) is 3.05. The van der Waals surface area contributed by atoms with E-state index < -0.39 is 6.04 Å². The summed E-state index contributed by atoms with van der Waals surface area (Å²) in [6, 6.07) is 5.04. The number of aliphatic hydroxyl groups is 1. The van der Waals surface area contributed by atoms with Crippen molar-refractivity contribution < 1.29 is 19.5 Å². The number of fused-ring (bicyclic) bond motifs is 1. The lowest BCUT2D eigenvalue weighted by molar-refractivity contribution is -0.121. The van der Waals surface area contributed by atoms with Crippen LogP contribution in [0, 0.1) is 0 Å². The molecule has 24 heavy (non-hydrogen) atoms. The molecule has 6 nitrogen and oxygen atoms in total. The number of hydrogen-bond donors (Lipinski definition) is 2. The largest absolute Gasteiger partial charge is 0.396 e. The molecule has 1 aromatic rings. The summed E-state index contributed by atoms with van der Waals surface area (Å²) >= 11 is 0. The molecule has 1 aliphatic heterocycles. The summed E-state index contributed by atoms with van der Waals surface area (Å²) in [6.07, 6.45) is 3.67. The Bertz CT molecular complexity index is 615. The van der Waals surface area contributed by atoms with Gasteiger partial charge in [-0.25, -0.2) is 0 Å². The maximum atomic E-state index is 12.6. The average Bonchev–Trinajstić information content (AvgIpc) is 2.93. The molecule has 0 saturated carbocycles. The number of aldehydes is 1. The summed E-state index contributed by atoms with van der Waals surface area (Å²) < 4.78 is 0. The van der Waals surface area contributed by atoms with E-state index in [9.17, 15) is 14.4 Å². The smallest absolute Gasteiger partial charge is 0.255 e. The first-order chi connectivity index (χ1) is 11.6. The minimum Gasteiger partial charge on any atom is -0.396 e. The first kappa shape index (κ1) is 18.1. The van der Waals surface area contributed by atoms with Crippen molar-refractivity contribution in [1.29, 1.82) is 0 Å². The summed E-state index contributed by atoms with van der Waals surface area (Å²) in [5.74, 6) is -0.293. The number of nitrogens with zero attached hydrogens (tertiary/aromatic N) is 1. The molecule has 0 radical (unpaired) electrons. The second kappa shape index (κ2) is 8.59. The Morgan fingerprint density at radius 2 is 2.21 bits per heavy atom. The minimum absolute atomic E-state index is 0.143. The van der Waals surface area contributed by atoms with E-state index in [0.29, 0.717) is 18.5 Å². The fraction of sp³-hybridized carbons (Fsp3) is 0.500. The molecule has 1 unspecified atom stereocenters. The van der Waals surface area contributed by atoms with Crippen LogP contribution in [0.3, 0.4) is 0 Å². The highest BCUT2D eigenvalue weighted by molar-refractivity contribution is 6.00. The summed E-state index contributed by atoms with van der Waals surface area (Å²) in [6.45, 7) is 0.563. The second-order valence-electron chi connectivity index (χ2n) is 5.97. The zero-order chi connectivity index (χ0) is 17.5. The van der Waals surface area contributed by atoms with Gasteiger partial charge in [0.1, 0.15) is 6.29 Å². The molecule has 0 fully saturated rings. The van der Waals surface area contributed by atoms with Gasteiger partial charge in [0.15, 0.2) is 0 Å². The predicted octanol–water partition coefficient (Wildman–Crippen LogP) is 1.05. The maximum Gasteiger partial charge on any atom is 0.255 e. The van der Waals surface area contributed by atoms with Crippen molar-refractivity contribution >= 4 is 18.1 Å². The summed E-state index contributed by atoms with van der Waals surface area (Å²) in [5.41, 5.74) is 2.70. The van der Waals surface area contributed by atoms with Gasteiger partial charge in [-0.15, -0.1) is 0 Å². The molecule has 2 N–H and O–H groups in total. The van der Waals surface area contributed by atoms with E-state index in [-0.39, 0.29) is 24.8 Å². The second-order valence-corrected chi connectivity index (χ2v) is 5.97. The van der Waals surface area contributed by atoms with Gasteiger partial charge >= 0.3 is 0 Å². The molecule has 1 atom stereocenters. The van der Waals surface area contributed by atoms with E-state index in [4.69, 9.17) is 5.11 Å². The molecule has 1 aromatic carbocycles. The van der Waals surface area contributed by atoms with Crippen LogP contribution >= 0.6 is 0 Å². The standard InChI is InChI=1S/C18H24N2O4/c1-19-17(23)9-8-14(12-22)20-11-16-13(5-2-3-10-21)6-4-7-15(16)18(20)24/h4,6-7,12,14,21H,2-3,5,8-11H2,1H3,(H,19,23). The van der Waals surface area contributed by atoms with Crippen LogP contribution in [0.25, 0.3) is 0 Å². The van der Waals surface area contributed by atoms with Crippen LogP contribution in [0.15, 0.2) is 18.2 Å². The molecule has 1 aliphatic rings. The Morgan fingerprint density at radius 3 is 2.88 bits per heavy atom. The molecule has 0 bridgehead atoms. The van der Waals surface area contributed by atoms with Crippen molar-refractivity contribution in [2.24, 2.45) is 0 Å². The molecule has 0 spiro atoms. The van der Waals surface area contributed by atoms with Gasteiger partial charge in [0.05, 0.1) is 6.04 Å². The molecule has 2 amide bonds. The van der Waals surface area contributed by atoms with E-state index >= 15 is 0 Å². The highest BCUT2D eigenvalue weighted by Crippen LogP contribution is 2.29. The van der Waals surface area contributed by atoms with Crippen molar-refractivity contribution in [3.63, 3.8) is 0 Å². The third-order valence-electron chi connectivity index (χ3n) is 4.45. The first-order valence-electron chi connectivity index (χ1n) is 8.30. The van der Waals surface area contributed by atoms with Crippen LogP contribution in [-0.4, -0.2) is 47.8 Å². The van der Waals surface area contributed by atoms with Crippen LogP contribution in [0.1, 0.15) is 47.2 Å². The number of carbonyl (C=O) groups excluding carboxylic acids is 3. The lowest BCUT2D eigenvalue weighted by Crippen LogP contribution is -2.37. The van der Waals surface area contributed by atoms with Gasteiger partial charge < -0.3 is 20.1 Å². The van der Waals surface area contributed by atoms with E-state index in [1.807, 2.05) is 12.1 Å². The number of aryl methyl sites for hydroxylation is 1. The van der Waals surface area contributed by atoms with Crippen LogP contribution < -0.4 is 5.32 Å². The first-order valence-corrected chi connectivity index (χ1v) is 8.30. The van der Waals surface area contributed by atoms with Crippen molar-refractivity contribution in [3.8, 4) is 0 Å². The summed E-state index contributed by atoms with van der Waals surface area (Å²) in [5, 5.41) is 11.4. The van der Waals surface area contributed by atoms with E-state index in [1.165, 1.54) is 0 Å². The number of nitrogens with one attached hydrogen (secondary N) is 1. The fourth-order valence-electron chi connectivity index (χ4n) is 3.05. The lowest BCUT2D eigenvalue weighted by atomic mass is 9.99. The van der Waals surface area contributed by atoms with Crippen LogP contribution in [0.2, 0.25) is 0 Å². The zero-order valence-electron chi connectivity index (χ0n) is 14.0. The van der Waals surface area contributed by atoms with Gasteiger partial charge in [-0.1, -0.05) is 12.1 Å². The SMILES string of the molecule is CNC(=O)CCC(C=O)N1Cc2c(CCCCO)cccc2C1=O. The predicted molar refractivity (Wildman–Crippen MR) is 89.5 cm³/mol. The van der Waals surface area contributed by atoms with E-state index in [1.54, 1.807) is 18.0 Å². The van der Waals surface area contributed by atoms with Gasteiger partial charge in [0, 0.05) is 32.2 Å². The monoisotopic (exact) mass is 332 g/mol. The molecule has 0 aromatic heterocycles. The Kier molecular flexibility index (Phi) is 6.49. The van der Waals surface area contributed by atoms with Gasteiger partial charge in [-0.2, -0.15) is 0 Å². The average molecular weight is 332 g/mol. The number of aliphatic hydroxyl groups excluding tert-OH is 1. The normalized spacial score (nSPS) is 14.4. The highest BCUT2D eigenvalue weighted by Gasteiger charge is 2.33. The molecule has 2 rings (SSSR count). The molecule has 1 heterocycles. The van der Waals surface area contributed by atoms with Crippen molar-refractivity contribution in [2.45, 2.75) is 44.7 Å². The van der Waals surface area contributed by atoms with Crippen LogP contribution in [0.5, 0.6) is 0 Å². The number of rotatable bonds is 9. The van der Waals surface area contributed by atoms with Gasteiger partial charge in [0.25, 0.3) is 5.91 Å². The molecular formula is C18H24N2O4. The van der Waals surface area contributed by atoms with Crippen molar-refractivity contribution in [1.82, 2.24) is 10.2 Å². The number of unbranched alkanes of at least 4 members (excludes halogenated alkanes) is 1. The number of hydrogen-bond acceptors (Lipinski definition) is 4. The molecule has 0 saturated heterocycles. The maximum absolute atomic E-state index is 12.6. The zero-order valence-corrected chi connectivity index (χ0v) is 14.0. The Labute approximate surface area is 141 Å². The molecule has 0 aliphatic carbocycles. The third kappa shape index (κ3) is 4.00. The summed E-state index contributed by atoms with van der Waals surface area (Å²) in [4.78, 5) is 37.0. The Hall–Kier alpha value is -2.21. The van der Waals surface area contributed by atoms with E-state index in [2.05, 4.69) is 5.32 Å². The van der Waals surface area contributed by atoms with Crippen molar-refractivity contribution in [2.75, 3.05) is 13.7 Å². The van der Waals surface area contributed by atoms with Crippen LogP contribution in [0.4, 0.5) is 0 Å². The Balaban J connectivity index is 2.12. The number of amides is 2. The molecule has 6 heteroatoms. The minimum atomic E-state index is -0.590. The summed E-state index contributed by atoms with van der Waals surface area (Å²) in [7, 11) is 1.55. The Morgan fingerprint density at radius 1 is 1.42 bits per heavy atom. The molecular weight excluding hydrogens is 308 g/mol. The van der Waals surface area contributed by atoms with Crippen LogP contribution in [-0.2, 0) is 22.6 Å². The highest BCUT2D eigenvalue weighted by atomic mass is 16.3. The quantitative estimate of drug-likeness (QED) is 0.523. The number of carbonyl (C=O) groups is 3. The van der Waals surface area contributed by atoms with Gasteiger partial charge in [-0.3, -0.25) is 9.59 Å². The number of benzene rings is 1. The van der Waals surface area contributed by atoms with Gasteiger partial charge in [0.2, 0.25) is 5.91 Å². The third-order valence-corrected chi connectivity index (χ3v) is 4.45.